The summed E-state index contributed by atoms with van der Waals surface area (Å²) in [4.78, 5) is 1.38. The van der Waals surface area contributed by atoms with Gasteiger partial charge in [-0.2, -0.15) is 0 Å². The first-order valence-electron chi connectivity index (χ1n) is 5.03. The fraction of sp³-hybridized carbons (Fsp3) is 0.636. The standard InChI is InChI=1S/C11H18OS/c1-2-3-5-10(12)7-8-11-6-4-9-13-11/h4,6,9-10,12H,2-3,5,7-8H2,1H3. The third-order valence-corrected chi connectivity index (χ3v) is 3.13. The lowest BCUT2D eigenvalue weighted by molar-refractivity contribution is 0.152. The lowest BCUT2D eigenvalue weighted by Crippen LogP contribution is -2.06. The summed E-state index contributed by atoms with van der Waals surface area (Å²) < 4.78 is 0. The van der Waals surface area contributed by atoms with Gasteiger partial charge in [-0.3, -0.25) is 0 Å². The van der Waals surface area contributed by atoms with Gasteiger partial charge in [-0.15, -0.1) is 11.3 Å². The Hall–Kier alpha value is -0.340. The van der Waals surface area contributed by atoms with Crippen molar-refractivity contribution in [1.82, 2.24) is 0 Å². The van der Waals surface area contributed by atoms with Gasteiger partial charge >= 0.3 is 0 Å². The summed E-state index contributed by atoms with van der Waals surface area (Å²) in [7, 11) is 0. The molecule has 13 heavy (non-hydrogen) atoms. The molecule has 74 valence electrons. The summed E-state index contributed by atoms with van der Waals surface area (Å²) in [5, 5.41) is 11.7. The summed E-state index contributed by atoms with van der Waals surface area (Å²) in [6.45, 7) is 2.16. The summed E-state index contributed by atoms with van der Waals surface area (Å²) in [6, 6.07) is 4.20. The Morgan fingerprint density at radius 3 is 2.92 bits per heavy atom. The van der Waals surface area contributed by atoms with E-state index in [-0.39, 0.29) is 6.10 Å². The third kappa shape index (κ3) is 4.44. The zero-order chi connectivity index (χ0) is 9.52. The molecule has 0 aliphatic carbocycles. The van der Waals surface area contributed by atoms with E-state index < -0.39 is 0 Å². The van der Waals surface area contributed by atoms with Gasteiger partial charge in [0.2, 0.25) is 0 Å². The van der Waals surface area contributed by atoms with Crippen LogP contribution in [0.5, 0.6) is 0 Å². The number of thiophene rings is 1. The van der Waals surface area contributed by atoms with Crippen molar-refractivity contribution in [2.24, 2.45) is 0 Å². The Labute approximate surface area is 84.4 Å². The molecule has 1 atom stereocenters. The smallest absolute Gasteiger partial charge is 0.0543 e. The zero-order valence-corrected chi connectivity index (χ0v) is 9.02. The molecule has 0 radical (unpaired) electrons. The van der Waals surface area contributed by atoms with Crippen molar-refractivity contribution in [2.45, 2.75) is 45.1 Å². The summed E-state index contributed by atoms with van der Waals surface area (Å²) in [5.74, 6) is 0. The Bertz CT molecular complexity index is 206. The van der Waals surface area contributed by atoms with E-state index in [0.29, 0.717) is 0 Å². The van der Waals surface area contributed by atoms with E-state index in [0.717, 1.165) is 25.7 Å². The molecule has 1 heterocycles. The number of hydrogen-bond acceptors (Lipinski definition) is 2. The lowest BCUT2D eigenvalue weighted by Gasteiger charge is -2.08. The minimum absolute atomic E-state index is 0.0953. The van der Waals surface area contributed by atoms with Gasteiger partial charge in [0.25, 0.3) is 0 Å². The highest BCUT2D eigenvalue weighted by Gasteiger charge is 2.03. The topological polar surface area (TPSA) is 20.2 Å². The minimum Gasteiger partial charge on any atom is -0.393 e. The number of aliphatic hydroxyl groups is 1. The van der Waals surface area contributed by atoms with Crippen molar-refractivity contribution < 1.29 is 5.11 Å². The second kappa shape index (κ2) is 6.17. The Morgan fingerprint density at radius 1 is 1.46 bits per heavy atom. The predicted octanol–water partition coefficient (Wildman–Crippen LogP) is 3.23. The monoisotopic (exact) mass is 198 g/mol. The fourth-order valence-electron chi connectivity index (χ4n) is 1.35. The molecule has 0 aromatic carbocycles. The van der Waals surface area contributed by atoms with E-state index in [1.165, 1.54) is 11.3 Å². The minimum atomic E-state index is -0.0953. The maximum absolute atomic E-state index is 9.58. The molecule has 0 aliphatic heterocycles. The fourth-order valence-corrected chi connectivity index (χ4v) is 2.07. The van der Waals surface area contributed by atoms with Gasteiger partial charge in [-0.05, 0) is 30.7 Å². The highest BCUT2D eigenvalue weighted by Crippen LogP contribution is 2.14. The van der Waals surface area contributed by atoms with Crippen LogP contribution in [0.4, 0.5) is 0 Å². The van der Waals surface area contributed by atoms with Crippen LogP contribution >= 0.6 is 11.3 Å². The van der Waals surface area contributed by atoms with Crippen molar-refractivity contribution in [3.8, 4) is 0 Å². The van der Waals surface area contributed by atoms with E-state index >= 15 is 0 Å². The van der Waals surface area contributed by atoms with Gasteiger partial charge in [0.15, 0.2) is 0 Å². The molecule has 1 aromatic heterocycles. The van der Waals surface area contributed by atoms with Crippen LogP contribution in [0.15, 0.2) is 17.5 Å². The van der Waals surface area contributed by atoms with Crippen molar-refractivity contribution in [3.05, 3.63) is 22.4 Å². The van der Waals surface area contributed by atoms with Crippen LogP contribution in [-0.4, -0.2) is 11.2 Å². The molecule has 1 nitrogen and oxygen atoms in total. The van der Waals surface area contributed by atoms with Crippen LogP contribution in [-0.2, 0) is 6.42 Å². The first-order valence-corrected chi connectivity index (χ1v) is 5.91. The first-order chi connectivity index (χ1) is 6.33. The summed E-state index contributed by atoms with van der Waals surface area (Å²) in [5.41, 5.74) is 0. The van der Waals surface area contributed by atoms with Crippen LogP contribution < -0.4 is 0 Å². The molecular weight excluding hydrogens is 180 g/mol. The Kier molecular flexibility index (Phi) is 5.09. The van der Waals surface area contributed by atoms with Gasteiger partial charge in [-0.25, -0.2) is 0 Å². The van der Waals surface area contributed by atoms with E-state index in [1.807, 2.05) is 0 Å². The molecule has 0 bridgehead atoms. The van der Waals surface area contributed by atoms with Gasteiger partial charge in [0.1, 0.15) is 0 Å². The van der Waals surface area contributed by atoms with Crippen LogP contribution in [0.3, 0.4) is 0 Å². The maximum Gasteiger partial charge on any atom is 0.0543 e. The molecule has 0 amide bonds. The summed E-state index contributed by atoms with van der Waals surface area (Å²) >= 11 is 1.78. The van der Waals surface area contributed by atoms with E-state index in [4.69, 9.17) is 0 Å². The first kappa shape index (κ1) is 10.7. The normalized spacial score (nSPS) is 13.1. The van der Waals surface area contributed by atoms with Crippen LogP contribution in [0.25, 0.3) is 0 Å². The molecular formula is C11H18OS. The molecule has 0 saturated heterocycles. The van der Waals surface area contributed by atoms with Gasteiger partial charge in [0.05, 0.1) is 6.10 Å². The van der Waals surface area contributed by atoms with Gasteiger partial charge in [-0.1, -0.05) is 25.8 Å². The summed E-state index contributed by atoms with van der Waals surface area (Å²) in [6.07, 6.45) is 5.13. The van der Waals surface area contributed by atoms with Crippen molar-refractivity contribution in [1.29, 1.82) is 0 Å². The van der Waals surface area contributed by atoms with E-state index in [1.54, 1.807) is 11.3 Å². The Morgan fingerprint density at radius 2 is 2.31 bits per heavy atom. The average molecular weight is 198 g/mol. The number of hydrogen-bond donors (Lipinski definition) is 1. The SMILES string of the molecule is CCCCC(O)CCc1cccs1. The van der Waals surface area contributed by atoms with E-state index in [9.17, 15) is 5.11 Å². The second-order valence-electron chi connectivity index (χ2n) is 3.41. The largest absolute Gasteiger partial charge is 0.393 e. The predicted molar refractivity (Wildman–Crippen MR) is 58.2 cm³/mol. The van der Waals surface area contributed by atoms with Crippen molar-refractivity contribution >= 4 is 11.3 Å². The van der Waals surface area contributed by atoms with Crippen LogP contribution in [0.1, 0.15) is 37.5 Å². The molecule has 0 aliphatic rings. The van der Waals surface area contributed by atoms with Crippen molar-refractivity contribution in [3.63, 3.8) is 0 Å². The van der Waals surface area contributed by atoms with E-state index in [2.05, 4.69) is 24.4 Å². The molecule has 1 aromatic rings. The molecule has 1 unspecified atom stereocenters. The Balaban J connectivity index is 2.11. The number of aryl methyl sites for hydroxylation is 1. The number of aliphatic hydroxyl groups excluding tert-OH is 1. The lowest BCUT2D eigenvalue weighted by atomic mass is 10.1. The van der Waals surface area contributed by atoms with Gasteiger partial charge < -0.3 is 5.11 Å². The van der Waals surface area contributed by atoms with Crippen LogP contribution in [0, 0.1) is 0 Å². The molecule has 1 N–H and O–H groups in total. The number of rotatable bonds is 6. The van der Waals surface area contributed by atoms with Gasteiger partial charge in [0, 0.05) is 4.88 Å². The quantitative estimate of drug-likeness (QED) is 0.744. The second-order valence-corrected chi connectivity index (χ2v) is 4.45. The number of unbranched alkanes of at least 4 members (excludes halogenated alkanes) is 1. The maximum atomic E-state index is 9.58. The molecule has 0 saturated carbocycles. The highest BCUT2D eigenvalue weighted by molar-refractivity contribution is 7.09. The molecule has 2 heteroatoms. The molecule has 0 fully saturated rings. The molecule has 0 spiro atoms. The van der Waals surface area contributed by atoms with Crippen LogP contribution in [0.2, 0.25) is 0 Å². The zero-order valence-electron chi connectivity index (χ0n) is 8.20. The highest BCUT2D eigenvalue weighted by atomic mass is 32.1. The average Bonchev–Trinajstić information content (AvgIpc) is 2.64. The third-order valence-electron chi connectivity index (χ3n) is 2.19. The van der Waals surface area contributed by atoms with Crippen molar-refractivity contribution in [2.75, 3.05) is 0 Å². The molecule has 1 rings (SSSR count).